The largest absolute Gasteiger partial charge is 0.337 e. The van der Waals surface area contributed by atoms with Crippen molar-refractivity contribution in [2.45, 2.75) is 44.6 Å². The fourth-order valence-electron chi connectivity index (χ4n) is 5.55. The highest BCUT2D eigenvalue weighted by atomic mass is 15.0. The lowest BCUT2D eigenvalue weighted by Crippen LogP contribution is -2.49. The summed E-state index contributed by atoms with van der Waals surface area (Å²) < 4.78 is 2.16. The van der Waals surface area contributed by atoms with Gasteiger partial charge in [0.1, 0.15) is 6.04 Å². The summed E-state index contributed by atoms with van der Waals surface area (Å²) in [4.78, 5) is 0. The third-order valence-electron chi connectivity index (χ3n) is 5.71. The monoisotopic (exact) mass is 240 g/mol. The predicted octanol–water partition coefficient (Wildman–Crippen LogP) is 3.77. The van der Waals surface area contributed by atoms with E-state index in [-0.39, 0.29) is 6.04 Å². The quantitative estimate of drug-likeness (QED) is 0.773. The molecular weight excluding hydrogens is 220 g/mol. The van der Waals surface area contributed by atoms with E-state index in [9.17, 15) is 5.26 Å². The molecule has 4 aliphatic rings. The van der Waals surface area contributed by atoms with Crippen molar-refractivity contribution >= 4 is 0 Å². The number of rotatable bonds is 2. The minimum atomic E-state index is 0.0703. The molecule has 4 bridgehead atoms. The minimum Gasteiger partial charge on any atom is -0.337 e. The Balaban J connectivity index is 1.73. The molecular formula is C16H20N2. The Hall–Kier alpha value is -1.23. The molecule has 0 aliphatic heterocycles. The smallest absolute Gasteiger partial charge is 0.126 e. The first kappa shape index (κ1) is 10.7. The van der Waals surface area contributed by atoms with Crippen molar-refractivity contribution in [2.24, 2.45) is 23.2 Å². The number of aromatic nitrogens is 1. The van der Waals surface area contributed by atoms with E-state index in [1.54, 1.807) is 0 Å². The van der Waals surface area contributed by atoms with Crippen molar-refractivity contribution < 1.29 is 0 Å². The van der Waals surface area contributed by atoms with Crippen LogP contribution >= 0.6 is 0 Å². The van der Waals surface area contributed by atoms with Crippen molar-refractivity contribution in [3.63, 3.8) is 0 Å². The number of hydrogen-bond acceptors (Lipinski definition) is 1. The molecule has 0 radical (unpaired) electrons. The van der Waals surface area contributed by atoms with Crippen LogP contribution in [-0.2, 0) is 0 Å². The van der Waals surface area contributed by atoms with Crippen LogP contribution in [0, 0.1) is 34.5 Å². The molecule has 4 aliphatic carbocycles. The molecule has 4 saturated carbocycles. The molecule has 0 saturated heterocycles. The summed E-state index contributed by atoms with van der Waals surface area (Å²) >= 11 is 0. The van der Waals surface area contributed by atoms with E-state index in [1.165, 1.54) is 38.5 Å². The Labute approximate surface area is 109 Å². The molecule has 18 heavy (non-hydrogen) atoms. The van der Waals surface area contributed by atoms with Gasteiger partial charge in [-0.15, -0.1) is 0 Å². The van der Waals surface area contributed by atoms with Gasteiger partial charge in [0.15, 0.2) is 0 Å². The first-order valence-corrected chi connectivity index (χ1v) is 7.31. The van der Waals surface area contributed by atoms with Crippen LogP contribution in [0.1, 0.15) is 44.6 Å². The van der Waals surface area contributed by atoms with Gasteiger partial charge in [-0.1, -0.05) is 0 Å². The maximum absolute atomic E-state index is 9.69. The molecule has 0 spiro atoms. The molecule has 1 aromatic heterocycles. The van der Waals surface area contributed by atoms with Gasteiger partial charge in [0.2, 0.25) is 0 Å². The van der Waals surface area contributed by atoms with E-state index in [4.69, 9.17) is 0 Å². The molecule has 2 heteroatoms. The van der Waals surface area contributed by atoms with Gasteiger partial charge in [0.05, 0.1) is 6.07 Å². The van der Waals surface area contributed by atoms with Crippen molar-refractivity contribution in [3.8, 4) is 6.07 Å². The summed E-state index contributed by atoms with van der Waals surface area (Å²) in [7, 11) is 0. The summed E-state index contributed by atoms with van der Waals surface area (Å²) in [6.07, 6.45) is 12.4. The molecule has 0 amide bonds. The third-order valence-corrected chi connectivity index (χ3v) is 5.71. The highest BCUT2D eigenvalue weighted by molar-refractivity contribution is 5.13. The minimum absolute atomic E-state index is 0.0703. The lowest BCUT2D eigenvalue weighted by molar-refractivity contribution is -0.0709. The van der Waals surface area contributed by atoms with Crippen LogP contribution in [0.4, 0.5) is 0 Å². The second kappa shape index (κ2) is 3.63. The van der Waals surface area contributed by atoms with Crippen molar-refractivity contribution in [1.82, 2.24) is 4.57 Å². The van der Waals surface area contributed by atoms with E-state index in [2.05, 4.69) is 23.0 Å². The van der Waals surface area contributed by atoms with Crippen LogP contribution in [-0.4, -0.2) is 4.57 Å². The summed E-state index contributed by atoms with van der Waals surface area (Å²) in [5, 5.41) is 9.69. The van der Waals surface area contributed by atoms with Crippen LogP contribution in [0.3, 0.4) is 0 Å². The topological polar surface area (TPSA) is 28.7 Å². The van der Waals surface area contributed by atoms with E-state index in [0.29, 0.717) is 5.41 Å². The fraction of sp³-hybridized carbons (Fsp3) is 0.688. The zero-order valence-corrected chi connectivity index (χ0v) is 10.8. The zero-order chi connectivity index (χ0) is 12.2. The fourth-order valence-corrected chi connectivity index (χ4v) is 5.55. The number of hydrogen-bond donors (Lipinski definition) is 0. The van der Waals surface area contributed by atoms with Gasteiger partial charge in [-0.3, -0.25) is 0 Å². The standard InChI is InChI=1S/C16H20N2/c17-11-15(18-3-1-2-4-18)16-8-12-5-13(9-16)7-14(6-12)10-16/h1-4,12-15H,5-10H2. The van der Waals surface area contributed by atoms with Gasteiger partial charge in [0.25, 0.3) is 0 Å². The van der Waals surface area contributed by atoms with Crippen LogP contribution < -0.4 is 0 Å². The van der Waals surface area contributed by atoms with Gasteiger partial charge < -0.3 is 4.57 Å². The first-order valence-electron chi connectivity index (χ1n) is 7.31. The predicted molar refractivity (Wildman–Crippen MR) is 69.7 cm³/mol. The highest BCUT2D eigenvalue weighted by Gasteiger charge is 2.54. The van der Waals surface area contributed by atoms with E-state index in [0.717, 1.165) is 17.8 Å². The van der Waals surface area contributed by atoms with Gasteiger partial charge >= 0.3 is 0 Å². The van der Waals surface area contributed by atoms with Gasteiger partial charge in [-0.05, 0) is 68.4 Å². The summed E-state index contributed by atoms with van der Waals surface area (Å²) in [5.74, 6) is 2.76. The highest BCUT2D eigenvalue weighted by Crippen LogP contribution is 2.63. The SMILES string of the molecule is N#CC(n1cccc1)C12CC3CC(CC(C3)C1)C2. The van der Waals surface area contributed by atoms with Crippen LogP contribution in [0.15, 0.2) is 24.5 Å². The molecule has 0 aromatic carbocycles. The molecule has 1 aromatic rings. The van der Waals surface area contributed by atoms with Crippen molar-refractivity contribution in [2.75, 3.05) is 0 Å². The molecule has 1 heterocycles. The Kier molecular flexibility index (Phi) is 2.15. The van der Waals surface area contributed by atoms with Gasteiger partial charge in [-0.2, -0.15) is 5.26 Å². The number of nitrogens with zero attached hydrogens (tertiary/aromatic N) is 2. The zero-order valence-electron chi connectivity index (χ0n) is 10.8. The molecule has 0 N–H and O–H groups in total. The molecule has 94 valence electrons. The Bertz CT molecular complexity index is 444. The lowest BCUT2D eigenvalue weighted by atomic mass is 9.48. The molecule has 4 fully saturated rings. The summed E-state index contributed by atoms with van der Waals surface area (Å²) in [6, 6.07) is 6.79. The average molecular weight is 240 g/mol. The maximum Gasteiger partial charge on any atom is 0.126 e. The Morgan fingerprint density at radius 2 is 1.50 bits per heavy atom. The maximum atomic E-state index is 9.69. The normalized spacial score (nSPS) is 42.7. The first-order chi connectivity index (χ1) is 8.79. The van der Waals surface area contributed by atoms with E-state index < -0.39 is 0 Å². The lowest BCUT2D eigenvalue weighted by Gasteiger charge is -2.58. The third kappa shape index (κ3) is 1.40. The molecule has 1 atom stereocenters. The Morgan fingerprint density at radius 1 is 1.00 bits per heavy atom. The molecule has 1 unspecified atom stereocenters. The summed E-state index contributed by atoms with van der Waals surface area (Å²) in [6.45, 7) is 0. The van der Waals surface area contributed by atoms with E-state index in [1.807, 2.05) is 12.1 Å². The number of nitriles is 1. The second-order valence-electron chi connectivity index (χ2n) is 6.94. The van der Waals surface area contributed by atoms with Crippen LogP contribution in [0.5, 0.6) is 0 Å². The Morgan fingerprint density at radius 3 is 1.94 bits per heavy atom. The van der Waals surface area contributed by atoms with Crippen LogP contribution in [0.2, 0.25) is 0 Å². The van der Waals surface area contributed by atoms with Gasteiger partial charge in [0, 0.05) is 17.8 Å². The van der Waals surface area contributed by atoms with Crippen LogP contribution in [0.25, 0.3) is 0 Å². The molecule has 2 nitrogen and oxygen atoms in total. The van der Waals surface area contributed by atoms with Gasteiger partial charge in [-0.25, -0.2) is 0 Å². The van der Waals surface area contributed by atoms with Crippen molar-refractivity contribution in [3.05, 3.63) is 24.5 Å². The summed E-state index contributed by atoms with van der Waals surface area (Å²) in [5.41, 5.74) is 0.294. The van der Waals surface area contributed by atoms with E-state index >= 15 is 0 Å². The second-order valence-corrected chi connectivity index (χ2v) is 6.94. The molecule has 5 rings (SSSR count). The average Bonchev–Trinajstić information content (AvgIpc) is 2.81. The van der Waals surface area contributed by atoms with Crippen molar-refractivity contribution in [1.29, 1.82) is 5.26 Å².